The number of para-hydroxylation sites is 1. The molecule has 0 radical (unpaired) electrons. The summed E-state index contributed by atoms with van der Waals surface area (Å²) in [5.41, 5.74) is 2.45. The van der Waals surface area contributed by atoms with Crippen molar-refractivity contribution in [1.29, 1.82) is 0 Å². The molecule has 1 aromatic carbocycles. The summed E-state index contributed by atoms with van der Waals surface area (Å²) >= 11 is 0. The first-order valence-electron chi connectivity index (χ1n) is 5.56. The Hall–Kier alpha value is -1.16. The zero-order chi connectivity index (χ0) is 11.4. The highest BCUT2D eigenvalue weighted by molar-refractivity contribution is 5.53. The summed E-state index contributed by atoms with van der Waals surface area (Å²) in [6, 6.07) is 8.15. The van der Waals surface area contributed by atoms with E-state index in [0.29, 0.717) is 12.5 Å². The molecule has 0 fully saturated rings. The molecule has 0 saturated carbocycles. The van der Waals surface area contributed by atoms with Gasteiger partial charge < -0.3 is 10.6 Å². The molecule has 2 nitrogen and oxygen atoms in total. The van der Waals surface area contributed by atoms with E-state index in [2.05, 4.69) is 22.8 Å². The van der Waals surface area contributed by atoms with Gasteiger partial charge in [0.2, 0.25) is 0 Å². The summed E-state index contributed by atoms with van der Waals surface area (Å²) in [4.78, 5) is 0. The lowest BCUT2D eigenvalue weighted by Crippen LogP contribution is -2.34. The van der Waals surface area contributed by atoms with E-state index in [1.807, 2.05) is 12.1 Å². The van der Waals surface area contributed by atoms with Crippen molar-refractivity contribution in [2.75, 3.05) is 25.0 Å². The lowest BCUT2D eigenvalue weighted by molar-refractivity contribution is 0.144. The molecule has 1 aliphatic heterocycles. The van der Waals surface area contributed by atoms with Crippen molar-refractivity contribution in [2.45, 2.75) is 12.8 Å². The first-order chi connectivity index (χ1) is 7.75. The molecule has 1 atom stereocenters. The number of alkyl halides is 2. The third kappa shape index (κ3) is 2.92. The van der Waals surface area contributed by atoms with Crippen LogP contribution in [0, 0.1) is 5.92 Å². The lowest BCUT2D eigenvalue weighted by Gasteiger charge is -2.26. The highest BCUT2D eigenvalue weighted by Crippen LogP contribution is 2.23. The summed E-state index contributed by atoms with van der Waals surface area (Å²) in [5.74, 6) is 0.397. The van der Waals surface area contributed by atoms with Crippen LogP contribution in [0.4, 0.5) is 14.5 Å². The normalized spacial score (nSPS) is 19.3. The minimum Gasteiger partial charge on any atom is -0.384 e. The largest absolute Gasteiger partial charge is 0.384 e. The number of hydrogen-bond acceptors (Lipinski definition) is 2. The maximum absolute atomic E-state index is 11.9. The van der Waals surface area contributed by atoms with Gasteiger partial charge in [0.15, 0.2) is 0 Å². The van der Waals surface area contributed by atoms with Gasteiger partial charge >= 0.3 is 0 Å². The number of nitrogens with one attached hydrogen (secondary N) is 2. The molecule has 0 aliphatic carbocycles. The fraction of sp³-hybridized carbons (Fsp3) is 0.500. The van der Waals surface area contributed by atoms with Gasteiger partial charge in [-0.25, -0.2) is 8.78 Å². The van der Waals surface area contributed by atoms with Crippen molar-refractivity contribution >= 4 is 5.69 Å². The highest BCUT2D eigenvalue weighted by Gasteiger charge is 2.17. The maximum Gasteiger partial charge on any atom is 0.250 e. The zero-order valence-electron chi connectivity index (χ0n) is 9.05. The molecule has 1 heterocycles. The molecule has 4 heteroatoms. The Labute approximate surface area is 94.0 Å². The van der Waals surface area contributed by atoms with Gasteiger partial charge in [0, 0.05) is 18.8 Å². The van der Waals surface area contributed by atoms with Gasteiger partial charge in [0.25, 0.3) is 6.43 Å². The Kier molecular flexibility index (Phi) is 3.72. The summed E-state index contributed by atoms with van der Waals surface area (Å²) in [7, 11) is 0. The smallest absolute Gasteiger partial charge is 0.250 e. The SMILES string of the molecule is FC(F)CNCC1CNc2ccccc2C1. The van der Waals surface area contributed by atoms with E-state index in [1.165, 1.54) is 11.3 Å². The second-order valence-electron chi connectivity index (χ2n) is 4.16. The molecule has 0 amide bonds. The van der Waals surface area contributed by atoms with Gasteiger partial charge in [-0.2, -0.15) is 0 Å². The van der Waals surface area contributed by atoms with Crippen LogP contribution in [-0.4, -0.2) is 26.1 Å². The van der Waals surface area contributed by atoms with Gasteiger partial charge in [0.05, 0.1) is 6.54 Å². The minimum atomic E-state index is -2.26. The van der Waals surface area contributed by atoms with Crippen LogP contribution < -0.4 is 10.6 Å². The summed E-state index contributed by atoms with van der Waals surface area (Å²) in [6.07, 6.45) is -1.30. The number of halogens is 2. The Morgan fingerprint density at radius 1 is 1.38 bits per heavy atom. The van der Waals surface area contributed by atoms with E-state index in [0.717, 1.165) is 13.0 Å². The van der Waals surface area contributed by atoms with Crippen LogP contribution in [0.2, 0.25) is 0 Å². The highest BCUT2D eigenvalue weighted by atomic mass is 19.3. The number of anilines is 1. The monoisotopic (exact) mass is 226 g/mol. The van der Waals surface area contributed by atoms with Crippen molar-refractivity contribution in [3.8, 4) is 0 Å². The van der Waals surface area contributed by atoms with Gasteiger partial charge in [-0.05, 0) is 24.0 Å². The van der Waals surface area contributed by atoms with Gasteiger partial charge in [-0.1, -0.05) is 18.2 Å². The van der Waals surface area contributed by atoms with Gasteiger partial charge in [-0.3, -0.25) is 0 Å². The predicted octanol–water partition coefficient (Wildman–Crippen LogP) is 2.13. The second-order valence-corrected chi connectivity index (χ2v) is 4.16. The molecule has 1 unspecified atom stereocenters. The van der Waals surface area contributed by atoms with E-state index in [4.69, 9.17) is 0 Å². The van der Waals surface area contributed by atoms with E-state index in [1.54, 1.807) is 0 Å². The van der Waals surface area contributed by atoms with Crippen molar-refractivity contribution in [3.05, 3.63) is 29.8 Å². The molecule has 1 aliphatic rings. The summed E-state index contributed by atoms with van der Waals surface area (Å²) < 4.78 is 23.9. The molecule has 0 saturated heterocycles. The summed E-state index contributed by atoms with van der Waals surface area (Å²) in [6.45, 7) is 1.29. The molecule has 0 spiro atoms. The van der Waals surface area contributed by atoms with E-state index >= 15 is 0 Å². The number of fused-ring (bicyclic) bond motifs is 1. The Balaban J connectivity index is 1.83. The zero-order valence-corrected chi connectivity index (χ0v) is 9.05. The van der Waals surface area contributed by atoms with Crippen molar-refractivity contribution in [1.82, 2.24) is 5.32 Å². The summed E-state index contributed by atoms with van der Waals surface area (Å²) in [5, 5.41) is 6.12. The average molecular weight is 226 g/mol. The second kappa shape index (κ2) is 5.25. The molecule has 0 aromatic heterocycles. The Bertz CT molecular complexity index is 342. The lowest BCUT2D eigenvalue weighted by atomic mass is 9.94. The Morgan fingerprint density at radius 2 is 2.19 bits per heavy atom. The quantitative estimate of drug-likeness (QED) is 0.821. The molecule has 2 rings (SSSR count). The first kappa shape index (κ1) is 11.3. The number of rotatable bonds is 4. The number of benzene rings is 1. The first-order valence-corrected chi connectivity index (χ1v) is 5.56. The standard InChI is InChI=1S/C12H16F2N2/c13-12(14)8-15-6-9-5-10-3-1-2-4-11(10)16-7-9/h1-4,9,12,15-16H,5-8H2. The Morgan fingerprint density at radius 3 is 3.00 bits per heavy atom. The van der Waals surface area contributed by atoms with Gasteiger partial charge in [-0.15, -0.1) is 0 Å². The fourth-order valence-electron chi connectivity index (χ4n) is 2.05. The van der Waals surface area contributed by atoms with Crippen LogP contribution in [0.3, 0.4) is 0 Å². The molecular weight excluding hydrogens is 210 g/mol. The van der Waals surface area contributed by atoms with Crippen molar-refractivity contribution < 1.29 is 8.78 Å². The van der Waals surface area contributed by atoms with Crippen LogP contribution in [0.25, 0.3) is 0 Å². The molecule has 16 heavy (non-hydrogen) atoms. The van der Waals surface area contributed by atoms with Crippen LogP contribution in [-0.2, 0) is 6.42 Å². The predicted molar refractivity (Wildman–Crippen MR) is 61.0 cm³/mol. The van der Waals surface area contributed by atoms with Crippen LogP contribution >= 0.6 is 0 Å². The van der Waals surface area contributed by atoms with Crippen molar-refractivity contribution in [2.24, 2.45) is 5.92 Å². The number of hydrogen-bond donors (Lipinski definition) is 2. The fourth-order valence-corrected chi connectivity index (χ4v) is 2.05. The topological polar surface area (TPSA) is 24.1 Å². The molecule has 88 valence electrons. The average Bonchev–Trinajstić information content (AvgIpc) is 2.28. The third-order valence-corrected chi connectivity index (χ3v) is 2.84. The maximum atomic E-state index is 11.9. The van der Waals surface area contributed by atoms with Crippen LogP contribution in [0.15, 0.2) is 24.3 Å². The minimum absolute atomic E-state index is 0.210. The van der Waals surface area contributed by atoms with Crippen LogP contribution in [0.5, 0.6) is 0 Å². The molecule has 2 N–H and O–H groups in total. The van der Waals surface area contributed by atoms with Crippen molar-refractivity contribution in [3.63, 3.8) is 0 Å². The van der Waals surface area contributed by atoms with E-state index in [9.17, 15) is 8.78 Å². The van der Waals surface area contributed by atoms with Crippen LogP contribution in [0.1, 0.15) is 5.56 Å². The molecule has 0 bridgehead atoms. The molecule has 1 aromatic rings. The van der Waals surface area contributed by atoms with Gasteiger partial charge in [0.1, 0.15) is 0 Å². The van der Waals surface area contributed by atoms with E-state index < -0.39 is 6.43 Å². The molecular formula is C12H16F2N2. The van der Waals surface area contributed by atoms with E-state index in [-0.39, 0.29) is 6.54 Å². The third-order valence-electron chi connectivity index (χ3n) is 2.84.